The monoisotopic (exact) mass is 440 g/mol. The van der Waals surface area contributed by atoms with Crippen LogP contribution in [0.15, 0.2) is 83.0 Å². The molecule has 2 aromatic carbocycles. The van der Waals surface area contributed by atoms with Gasteiger partial charge in [0.05, 0.1) is 21.8 Å². The fourth-order valence-corrected chi connectivity index (χ4v) is 4.49. The summed E-state index contributed by atoms with van der Waals surface area (Å²) in [7, 11) is 0. The number of aromatic amines is 1. The number of aryl methyl sites for hydroxylation is 1. The quantitative estimate of drug-likeness (QED) is 0.398. The first-order valence-corrected chi connectivity index (χ1v) is 11.1. The Bertz CT molecular complexity index is 1460. The topological polar surface area (TPSA) is 89.4 Å². The molecular formula is C24H20N6OS. The van der Waals surface area contributed by atoms with Crippen LogP contribution < -0.4 is 5.56 Å². The molecule has 0 aliphatic carbocycles. The number of nitrogens with one attached hydrogen (secondary N) is 1. The second-order valence-electron chi connectivity index (χ2n) is 7.40. The normalized spacial score (nSPS) is 12.2. The van der Waals surface area contributed by atoms with Crippen molar-refractivity contribution in [3.8, 4) is 17.1 Å². The summed E-state index contributed by atoms with van der Waals surface area (Å²) in [4.78, 5) is 24.4. The highest BCUT2D eigenvalue weighted by Gasteiger charge is 2.21. The number of H-pyrrole nitrogens is 1. The predicted molar refractivity (Wildman–Crippen MR) is 126 cm³/mol. The Morgan fingerprint density at radius 1 is 1.00 bits per heavy atom. The zero-order chi connectivity index (χ0) is 22.1. The Morgan fingerprint density at radius 2 is 1.81 bits per heavy atom. The molecule has 3 heterocycles. The van der Waals surface area contributed by atoms with E-state index in [9.17, 15) is 4.79 Å². The molecule has 158 valence electrons. The summed E-state index contributed by atoms with van der Waals surface area (Å²) in [6.45, 7) is 4.06. The number of fused-ring (bicyclic) bond motifs is 1. The van der Waals surface area contributed by atoms with Gasteiger partial charge in [0.1, 0.15) is 5.82 Å². The summed E-state index contributed by atoms with van der Waals surface area (Å²) in [5, 5.41) is 10.1. The van der Waals surface area contributed by atoms with Gasteiger partial charge in [0, 0.05) is 18.0 Å². The molecule has 1 atom stereocenters. The lowest BCUT2D eigenvalue weighted by molar-refractivity contribution is 0.859. The van der Waals surface area contributed by atoms with E-state index in [-0.39, 0.29) is 10.8 Å². The van der Waals surface area contributed by atoms with Crippen LogP contribution in [0.5, 0.6) is 0 Å². The van der Waals surface area contributed by atoms with Crippen LogP contribution in [0, 0.1) is 6.92 Å². The molecule has 0 bridgehead atoms. The molecule has 0 radical (unpaired) electrons. The van der Waals surface area contributed by atoms with E-state index >= 15 is 0 Å². The predicted octanol–water partition coefficient (Wildman–Crippen LogP) is 4.73. The third kappa shape index (κ3) is 3.69. The van der Waals surface area contributed by atoms with E-state index in [0.29, 0.717) is 27.7 Å². The summed E-state index contributed by atoms with van der Waals surface area (Å²) in [6, 6.07) is 19.3. The van der Waals surface area contributed by atoms with Crippen LogP contribution in [-0.2, 0) is 0 Å². The van der Waals surface area contributed by atoms with Crippen molar-refractivity contribution < 1.29 is 0 Å². The minimum atomic E-state index is -0.152. The number of rotatable bonds is 5. The van der Waals surface area contributed by atoms with Crippen LogP contribution in [-0.4, -0.2) is 29.7 Å². The summed E-state index contributed by atoms with van der Waals surface area (Å²) in [5.41, 5.74) is 3.50. The van der Waals surface area contributed by atoms with Crippen molar-refractivity contribution in [2.24, 2.45) is 0 Å². The molecule has 0 fully saturated rings. The van der Waals surface area contributed by atoms with Crippen LogP contribution in [0.25, 0.3) is 28.0 Å². The first-order chi connectivity index (χ1) is 15.6. The van der Waals surface area contributed by atoms with E-state index in [2.05, 4.69) is 38.1 Å². The van der Waals surface area contributed by atoms with Gasteiger partial charge in [-0.2, -0.15) is 0 Å². The summed E-state index contributed by atoms with van der Waals surface area (Å²) in [6.07, 6.45) is 3.51. The maximum atomic E-state index is 12.5. The van der Waals surface area contributed by atoms with E-state index in [0.717, 1.165) is 16.8 Å². The smallest absolute Gasteiger partial charge is 0.258 e. The maximum absolute atomic E-state index is 12.5. The number of hydrogen-bond acceptors (Lipinski definition) is 6. The van der Waals surface area contributed by atoms with E-state index in [1.807, 2.05) is 60.0 Å². The van der Waals surface area contributed by atoms with Gasteiger partial charge in [0.25, 0.3) is 5.56 Å². The Labute approximate surface area is 188 Å². The zero-order valence-electron chi connectivity index (χ0n) is 17.6. The van der Waals surface area contributed by atoms with Gasteiger partial charge in [-0.1, -0.05) is 42.1 Å². The van der Waals surface area contributed by atoms with Gasteiger partial charge >= 0.3 is 0 Å². The van der Waals surface area contributed by atoms with Crippen LogP contribution in [0.3, 0.4) is 0 Å². The zero-order valence-corrected chi connectivity index (χ0v) is 18.4. The Kier molecular flexibility index (Phi) is 5.28. The molecule has 5 aromatic rings. The molecule has 0 amide bonds. The molecule has 1 unspecified atom stereocenters. The van der Waals surface area contributed by atoms with Gasteiger partial charge in [-0.05, 0) is 49.7 Å². The van der Waals surface area contributed by atoms with E-state index in [1.54, 1.807) is 18.5 Å². The van der Waals surface area contributed by atoms with Gasteiger partial charge in [0.15, 0.2) is 11.0 Å². The molecule has 0 aliphatic rings. The minimum Gasteiger partial charge on any atom is -0.309 e. The van der Waals surface area contributed by atoms with Gasteiger partial charge < -0.3 is 4.98 Å². The highest BCUT2D eigenvalue weighted by molar-refractivity contribution is 7.99. The minimum absolute atomic E-state index is 0.144. The fraction of sp³-hybridized carbons (Fsp3) is 0.125. The highest BCUT2D eigenvalue weighted by Crippen LogP contribution is 2.36. The molecule has 8 heteroatoms. The van der Waals surface area contributed by atoms with Crippen molar-refractivity contribution in [3.05, 3.63) is 94.8 Å². The third-order valence-corrected chi connectivity index (χ3v) is 6.26. The summed E-state index contributed by atoms with van der Waals surface area (Å²) in [5.74, 6) is 1.31. The molecule has 3 aromatic heterocycles. The lowest BCUT2D eigenvalue weighted by Gasteiger charge is -2.15. The molecule has 0 spiro atoms. The summed E-state index contributed by atoms with van der Waals surface area (Å²) < 4.78 is 2.03. The van der Waals surface area contributed by atoms with Crippen LogP contribution in [0.4, 0.5) is 0 Å². The van der Waals surface area contributed by atoms with Crippen molar-refractivity contribution in [3.63, 3.8) is 0 Å². The standard InChI is InChI=1S/C24H20N6OS/c1-15-8-3-6-12-20(15)30-22(17-9-7-13-25-14-17)28-29-24(30)32-16(2)21-26-19-11-5-4-10-18(19)23(31)27-21/h3-14,16H,1-2H3,(H,26,27,31). The number of nitrogens with zero attached hydrogens (tertiary/aromatic N) is 5. The number of hydrogen-bond donors (Lipinski definition) is 1. The number of para-hydroxylation sites is 2. The fourth-order valence-electron chi connectivity index (χ4n) is 3.57. The first-order valence-electron chi connectivity index (χ1n) is 10.2. The Morgan fingerprint density at radius 3 is 2.62 bits per heavy atom. The number of pyridine rings is 1. The van der Waals surface area contributed by atoms with Crippen molar-refractivity contribution >= 4 is 22.7 Å². The largest absolute Gasteiger partial charge is 0.309 e. The molecule has 7 nitrogen and oxygen atoms in total. The van der Waals surface area contributed by atoms with Gasteiger partial charge in [-0.25, -0.2) is 4.98 Å². The van der Waals surface area contributed by atoms with Crippen molar-refractivity contribution in [1.82, 2.24) is 29.7 Å². The average Bonchev–Trinajstić information content (AvgIpc) is 3.23. The molecule has 0 aliphatic heterocycles. The number of thioether (sulfide) groups is 1. The van der Waals surface area contributed by atoms with E-state index in [4.69, 9.17) is 0 Å². The lowest BCUT2D eigenvalue weighted by Crippen LogP contribution is -2.13. The van der Waals surface area contributed by atoms with E-state index < -0.39 is 0 Å². The molecular weight excluding hydrogens is 420 g/mol. The lowest BCUT2D eigenvalue weighted by atomic mass is 10.2. The third-order valence-electron chi connectivity index (χ3n) is 5.21. The molecule has 1 N–H and O–H groups in total. The van der Waals surface area contributed by atoms with Gasteiger partial charge in [0.2, 0.25) is 0 Å². The van der Waals surface area contributed by atoms with Crippen LogP contribution in [0.1, 0.15) is 23.6 Å². The second kappa shape index (κ2) is 8.39. The van der Waals surface area contributed by atoms with Crippen LogP contribution >= 0.6 is 11.8 Å². The SMILES string of the molecule is Cc1ccccc1-n1c(SC(C)c2nc3ccccc3c(=O)[nH]2)nnc1-c1cccnc1. The molecule has 5 rings (SSSR count). The maximum Gasteiger partial charge on any atom is 0.258 e. The van der Waals surface area contributed by atoms with Crippen molar-refractivity contribution in [2.75, 3.05) is 0 Å². The average molecular weight is 441 g/mol. The van der Waals surface area contributed by atoms with E-state index in [1.165, 1.54) is 11.8 Å². The molecule has 32 heavy (non-hydrogen) atoms. The summed E-state index contributed by atoms with van der Waals surface area (Å²) >= 11 is 1.50. The van der Waals surface area contributed by atoms with Crippen molar-refractivity contribution in [2.45, 2.75) is 24.3 Å². The first kappa shape index (κ1) is 20.1. The number of benzene rings is 2. The highest BCUT2D eigenvalue weighted by atomic mass is 32.2. The van der Waals surface area contributed by atoms with Crippen molar-refractivity contribution in [1.29, 1.82) is 0 Å². The molecule has 0 saturated carbocycles. The Hall–Kier alpha value is -3.78. The number of aromatic nitrogens is 6. The van der Waals surface area contributed by atoms with Gasteiger partial charge in [-0.3, -0.25) is 14.3 Å². The Balaban J connectivity index is 1.59. The van der Waals surface area contributed by atoms with Gasteiger partial charge in [-0.15, -0.1) is 10.2 Å². The molecule has 0 saturated heterocycles. The van der Waals surface area contributed by atoms with Crippen LogP contribution in [0.2, 0.25) is 0 Å². The second-order valence-corrected chi connectivity index (χ2v) is 8.71.